The molecule has 0 saturated carbocycles. The van der Waals surface area contributed by atoms with E-state index in [1.54, 1.807) is 13.1 Å². The molecule has 0 bridgehead atoms. The fourth-order valence-electron chi connectivity index (χ4n) is 3.37. The van der Waals surface area contributed by atoms with Crippen LogP contribution in [0.5, 0.6) is 0 Å². The van der Waals surface area contributed by atoms with Gasteiger partial charge in [-0.05, 0) is 25.0 Å². The second kappa shape index (κ2) is 7.49. The third-order valence-corrected chi connectivity index (χ3v) is 6.43. The maximum atomic E-state index is 12.3. The van der Waals surface area contributed by atoms with Crippen LogP contribution in [0.2, 0.25) is 0 Å². The highest BCUT2D eigenvalue weighted by molar-refractivity contribution is 7.91. The van der Waals surface area contributed by atoms with E-state index in [-0.39, 0.29) is 36.5 Å². The Morgan fingerprint density at radius 1 is 1.31 bits per heavy atom. The molecule has 1 N–H and O–H groups in total. The number of hydrogen-bond acceptors (Lipinski definition) is 5. The average Bonchev–Trinajstić information content (AvgIpc) is 3.17. The van der Waals surface area contributed by atoms with E-state index < -0.39 is 15.8 Å². The molecule has 0 spiro atoms. The number of carbonyl (C=O) groups is 2. The molecule has 0 unspecified atom stereocenters. The third kappa shape index (κ3) is 4.07. The van der Waals surface area contributed by atoms with E-state index in [9.17, 15) is 18.0 Å². The van der Waals surface area contributed by atoms with Crippen LogP contribution in [0, 0.1) is 0 Å². The molecule has 1 aromatic carbocycles. The molecule has 1 saturated heterocycles. The van der Waals surface area contributed by atoms with Crippen molar-refractivity contribution in [2.24, 2.45) is 0 Å². The van der Waals surface area contributed by atoms with Crippen molar-refractivity contribution in [3.8, 4) is 0 Å². The lowest BCUT2D eigenvalue weighted by molar-refractivity contribution is -0.152. The minimum absolute atomic E-state index is 0.0180. The van der Waals surface area contributed by atoms with Crippen LogP contribution in [-0.2, 0) is 30.6 Å². The molecule has 140 valence electrons. The highest BCUT2D eigenvalue weighted by atomic mass is 32.2. The number of rotatable bonds is 6. The highest BCUT2D eigenvalue weighted by Gasteiger charge is 2.34. The summed E-state index contributed by atoms with van der Waals surface area (Å²) in [6.45, 7) is 1.81. The Hall–Kier alpha value is -2.35. The summed E-state index contributed by atoms with van der Waals surface area (Å²) in [5, 5.41) is 0.946. The first-order chi connectivity index (χ1) is 12.4. The van der Waals surface area contributed by atoms with Crippen LogP contribution in [-0.4, -0.2) is 60.9 Å². The van der Waals surface area contributed by atoms with Crippen LogP contribution in [0.25, 0.3) is 10.9 Å². The number of carbonyl (C=O) groups excluding carboxylic acids is 2. The van der Waals surface area contributed by atoms with Crippen LogP contribution in [0.15, 0.2) is 30.5 Å². The van der Waals surface area contributed by atoms with Gasteiger partial charge in [-0.3, -0.25) is 9.59 Å². The van der Waals surface area contributed by atoms with Crippen molar-refractivity contribution in [3.05, 3.63) is 36.0 Å². The summed E-state index contributed by atoms with van der Waals surface area (Å²) < 4.78 is 28.3. The molecule has 1 aliphatic rings. The SMILES string of the molecule is CCN(C(=O)COC(=O)Cc1c[nH]c2ccccc12)[C@@H]1CCS(=O)(=O)C1. The number of aromatic nitrogens is 1. The fourth-order valence-corrected chi connectivity index (χ4v) is 5.10. The quantitative estimate of drug-likeness (QED) is 0.764. The number of esters is 1. The number of amides is 1. The summed E-state index contributed by atoms with van der Waals surface area (Å²) in [7, 11) is -3.08. The lowest BCUT2D eigenvalue weighted by Gasteiger charge is -2.26. The molecule has 2 aromatic rings. The number of nitrogens with one attached hydrogen (secondary N) is 1. The number of ether oxygens (including phenoxy) is 1. The van der Waals surface area contributed by atoms with Gasteiger partial charge in [0, 0.05) is 29.7 Å². The fraction of sp³-hybridized carbons (Fsp3) is 0.444. The zero-order valence-corrected chi connectivity index (χ0v) is 15.4. The summed E-state index contributed by atoms with van der Waals surface area (Å²) in [5.41, 5.74) is 1.75. The molecule has 1 fully saturated rings. The van der Waals surface area contributed by atoms with Crippen LogP contribution in [0.3, 0.4) is 0 Å². The van der Waals surface area contributed by atoms with Crippen molar-refractivity contribution in [2.45, 2.75) is 25.8 Å². The van der Waals surface area contributed by atoms with Gasteiger partial charge < -0.3 is 14.6 Å². The van der Waals surface area contributed by atoms with Crippen molar-refractivity contribution in [2.75, 3.05) is 24.7 Å². The number of H-pyrrole nitrogens is 1. The van der Waals surface area contributed by atoms with Gasteiger partial charge in [-0.2, -0.15) is 0 Å². The van der Waals surface area contributed by atoms with Crippen LogP contribution in [0.4, 0.5) is 0 Å². The van der Waals surface area contributed by atoms with Crippen molar-refractivity contribution in [3.63, 3.8) is 0 Å². The number of nitrogens with zero attached hydrogens (tertiary/aromatic N) is 1. The zero-order valence-electron chi connectivity index (χ0n) is 14.6. The summed E-state index contributed by atoms with van der Waals surface area (Å²) in [6, 6.07) is 7.30. The van der Waals surface area contributed by atoms with Gasteiger partial charge in [-0.15, -0.1) is 0 Å². The Morgan fingerprint density at radius 2 is 2.08 bits per heavy atom. The number of para-hydroxylation sites is 1. The van der Waals surface area contributed by atoms with Gasteiger partial charge in [0.05, 0.1) is 17.9 Å². The highest BCUT2D eigenvalue weighted by Crippen LogP contribution is 2.19. The summed E-state index contributed by atoms with van der Waals surface area (Å²) in [6.07, 6.45) is 2.27. The van der Waals surface area contributed by atoms with Crippen LogP contribution < -0.4 is 0 Å². The van der Waals surface area contributed by atoms with Gasteiger partial charge in [-0.25, -0.2) is 8.42 Å². The number of hydrogen-bond donors (Lipinski definition) is 1. The standard InChI is InChI=1S/C18H22N2O5S/c1-2-20(14-7-8-26(23,24)12-14)17(21)11-25-18(22)9-13-10-19-16-6-4-3-5-15(13)16/h3-6,10,14,19H,2,7-9,11-12H2,1H3/t14-/m1/s1. The van der Waals surface area contributed by atoms with Gasteiger partial charge in [0.15, 0.2) is 16.4 Å². The predicted octanol–water partition coefficient (Wildman–Crippen LogP) is 1.29. The first-order valence-electron chi connectivity index (χ1n) is 8.60. The van der Waals surface area contributed by atoms with Gasteiger partial charge in [-0.1, -0.05) is 18.2 Å². The second-order valence-electron chi connectivity index (χ2n) is 6.43. The smallest absolute Gasteiger partial charge is 0.310 e. The Balaban J connectivity index is 1.55. The molecule has 7 nitrogen and oxygen atoms in total. The minimum atomic E-state index is -3.08. The minimum Gasteiger partial charge on any atom is -0.455 e. The molecule has 2 heterocycles. The lowest BCUT2D eigenvalue weighted by Crippen LogP contribution is -2.43. The number of sulfone groups is 1. The first kappa shape index (κ1) is 18.4. The topological polar surface area (TPSA) is 96.5 Å². The van der Waals surface area contributed by atoms with Crippen LogP contribution in [0.1, 0.15) is 18.9 Å². The van der Waals surface area contributed by atoms with E-state index >= 15 is 0 Å². The van der Waals surface area contributed by atoms with E-state index in [0.29, 0.717) is 13.0 Å². The van der Waals surface area contributed by atoms with E-state index in [2.05, 4.69) is 4.98 Å². The van der Waals surface area contributed by atoms with Crippen molar-refractivity contribution in [1.82, 2.24) is 9.88 Å². The number of aromatic amines is 1. The molecular formula is C18H22N2O5S. The number of benzene rings is 1. The summed E-state index contributed by atoms with van der Waals surface area (Å²) in [5.74, 6) is -0.766. The van der Waals surface area contributed by atoms with E-state index in [1.807, 2.05) is 24.3 Å². The van der Waals surface area contributed by atoms with E-state index in [4.69, 9.17) is 4.74 Å². The summed E-state index contributed by atoms with van der Waals surface area (Å²) in [4.78, 5) is 29.0. The van der Waals surface area contributed by atoms with Crippen molar-refractivity contribution >= 4 is 32.6 Å². The van der Waals surface area contributed by atoms with E-state index in [1.165, 1.54) is 4.90 Å². The second-order valence-corrected chi connectivity index (χ2v) is 8.66. The lowest BCUT2D eigenvalue weighted by atomic mass is 10.1. The zero-order chi connectivity index (χ0) is 18.7. The Kier molecular flexibility index (Phi) is 5.31. The Labute approximate surface area is 152 Å². The molecule has 0 aliphatic carbocycles. The average molecular weight is 378 g/mol. The van der Waals surface area contributed by atoms with E-state index in [0.717, 1.165) is 16.5 Å². The molecule has 1 amide bonds. The van der Waals surface area contributed by atoms with Crippen molar-refractivity contribution in [1.29, 1.82) is 0 Å². The van der Waals surface area contributed by atoms with Gasteiger partial charge in [0.1, 0.15) is 0 Å². The molecule has 1 aliphatic heterocycles. The molecule has 26 heavy (non-hydrogen) atoms. The largest absolute Gasteiger partial charge is 0.455 e. The molecular weight excluding hydrogens is 356 g/mol. The maximum Gasteiger partial charge on any atom is 0.310 e. The maximum absolute atomic E-state index is 12.3. The monoisotopic (exact) mass is 378 g/mol. The molecule has 8 heteroatoms. The third-order valence-electron chi connectivity index (χ3n) is 4.68. The number of likely N-dealkylation sites (N-methyl/N-ethyl adjacent to an activating group) is 1. The van der Waals surface area contributed by atoms with Gasteiger partial charge in [0.25, 0.3) is 5.91 Å². The summed E-state index contributed by atoms with van der Waals surface area (Å²) >= 11 is 0. The first-order valence-corrected chi connectivity index (χ1v) is 10.4. The Bertz CT molecular complexity index is 919. The van der Waals surface area contributed by atoms with Crippen LogP contribution >= 0.6 is 0 Å². The molecule has 3 rings (SSSR count). The molecule has 1 atom stereocenters. The normalized spacial score (nSPS) is 18.7. The van der Waals surface area contributed by atoms with Crippen molar-refractivity contribution < 1.29 is 22.7 Å². The molecule has 0 radical (unpaired) electrons. The predicted molar refractivity (Wildman–Crippen MR) is 97.4 cm³/mol. The number of fused-ring (bicyclic) bond motifs is 1. The molecule has 1 aromatic heterocycles. The van der Waals surface area contributed by atoms with Gasteiger partial charge in [0.2, 0.25) is 0 Å². The Morgan fingerprint density at radius 3 is 2.77 bits per heavy atom. The van der Waals surface area contributed by atoms with Gasteiger partial charge >= 0.3 is 5.97 Å².